The van der Waals surface area contributed by atoms with Gasteiger partial charge in [0.2, 0.25) is 0 Å². The monoisotopic (exact) mass is 274 g/mol. The van der Waals surface area contributed by atoms with E-state index in [-0.39, 0.29) is 0 Å². The molecule has 4 heteroatoms. The summed E-state index contributed by atoms with van der Waals surface area (Å²) >= 11 is 1.67. The summed E-state index contributed by atoms with van der Waals surface area (Å²) < 4.78 is 5.38. The van der Waals surface area contributed by atoms with E-state index in [1.807, 2.05) is 32.0 Å². The van der Waals surface area contributed by atoms with Crippen LogP contribution in [0.3, 0.4) is 0 Å². The minimum atomic E-state index is 0.497. The molecule has 1 aromatic carbocycles. The number of nitrogens with two attached hydrogens (primary N) is 1. The molecule has 2 aromatic rings. The molecular weight excluding hydrogens is 256 g/mol. The molecule has 0 unspecified atom stereocenters. The van der Waals surface area contributed by atoms with Crippen molar-refractivity contribution in [2.24, 2.45) is 5.73 Å². The molecule has 3 nitrogen and oxygen atoms in total. The molecule has 0 radical (unpaired) electrons. The maximum Gasteiger partial charge on any atom is 0.132 e. The molecule has 0 aliphatic rings. The Kier molecular flexibility index (Phi) is 4.45. The van der Waals surface area contributed by atoms with E-state index in [1.54, 1.807) is 18.9 Å². The molecule has 0 amide bonds. The minimum absolute atomic E-state index is 0.497. The Hall–Kier alpha value is -1.52. The number of nitrogens with zero attached hydrogens (tertiary/aromatic N) is 1. The lowest BCUT2D eigenvalue weighted by molar-refractivity contribution is 0.405. The van der Waals surface area contributed by atoms with Gasteiger partial charge in [-0.2, -0.15) is 0 Å². The maximum absolute atomic E-state index is 5.84. The lowest BCUT2D eigenvalue weighted by atomic mass is 10.2. The number of methoxy groups -OCH3 is 1. The van der Waals surface area contributed by atoms with Crippen LogP contribution >= 0.6 is 11.8 Å². The fourth-order valence-electron chi connectivity index (χ4n) is 1.98. The standard InChI is InChI=1S/C15H18N2OS/c1-10-8-15(12(9-16)11(2)17-10)19-14-7-5-4-6-13(14)18-3/h4-8H,9,16H2,1-3H3. The molecular formula is C15H18N2OS. The first kappa shape index (κ1) is 13.9. The minimum Gasteiger partial charge on any atom is -0.496 e. The van der Waals surface area contributed by atoms with Crippen LogP contribution in [-0.4, -0.2) is 12.1 Å². The van der Waals surface area contributed by atoms with Gasteiger partial charge in [0, 0.05) is 28.4 Å². The summed E-state index contributed by atoms with van der Waals surface area (Å²) in [7, 11) is 1.69. The van der Waals surface area contributed by atoms with Crippen molar-refractivity contribution >= 4 is 11.8 Å². The van der Waals surface area contributed by atoms with Gasteiger partial charge in [-0.05, 0) is 32.0 Å². The number of hydrogen-bond donors (Lipinski definition) is 1. The summed E-state index contributed by atoms with van der Waals surface area (Å²) in [4.78, 5) is 6.70. The molecule has 0 saturated heterocycles. The van der Waals surface area contributed by atoms with Gasteiger partial charge in [-0.1, -0.05) is 23.9 Å². The summed E-state index contributed by atoms with van der Waals surface area (Å²) in [6, 6.07) is 10.1. The van der Waals surface area contributed by atoms with E-state index in [0.29, 0.717) is 6.54 Å². The van der Waals surface area contributed by atoms with Gasteiger partial charge >= 0.3 is 0 Å². The average Bonchev–Trinajstić information content (AvgIpc) is 2.39. The number of para-hydroxylation sites is 1. The second-order valence-corrected chi connectivity index (χ2v) is 5.37. The number of aryl methyl sites for hydroxylation is 2. The van der Waals surface area contributed by atoms with Gasteiger partial charge < -0.3 is 10.5 Å². The van der Waals surface area contributed by atoms with Gasteiger partial charge in [-0.3, -0.25) is 4.98 Å². The van der Waals surface area contributed by atoms with E-state index in [2.05, 4.69) is 17.1 Å². The van der Waals surface area contributed by atoms with Gasteiger partial charge in [0.1, 0.15) is 5.75 Å². The third-order valence-corrected chi connectivity index (χ3v) is 4.05. The van der Waals surface area contributed by atoms with Crippen LogP contribution in [0, 0.1) is 13.8 Å². The smallest absolute Gasteiger partial charge is 0.132 e. The molecule has 1 aromatic heterocycles. The number of ether oxygens (including phenoxy) is 1. The Bertz CT molecular complexity index is 584. The normalized spacial score (nSPS) is 10.5. The lowest BCUT2D eigenvalue weighted by Gasteiger charge is -2.13. The highest BCUT2D eigenvalue weighted by Gasteiger charge is 2.11. The van der Waals surface area contributed by atoms with Crippen LogP contribution in [0.4, 0.5) is 0 Å². The van der Waals surface area contributed by atoms with Crippen molar-refractivity contribution in [1.82, 2.24) is 4.98 Å². The Morgan fingerprint density at radius 3 is 2.63 bits per heavy atom. The molecule has 0 aliphatic carbocycles. The quantitative estimate of drug-likeness (QED) is 0.929. The first-order valence-corrected chi connectivity index (χ1v) is 6.95. The highest BCUT2D eigenvalue weighted by molar-refractivity contribution is 7.99. The second kappa shape index (κ2) is 6.08. The molecule has 0 atom stereocenters. The van der Waals surface area contributed by atoms with Gasteiger partial charge in [-0.25, -0.2) is 0 Å². The summed E-state index contributed by atoms with van der Waals surface area (Å²) in [5.74, 6) is 0.877. The van der Waals surface area contributed by atoms with Crippen LogP contribution in [0.1, 0.15) is 17.0 Å². The fourth-order valence-corrected chi connectivity index (χ4v) is 3.20. The lowest BCUT2D eigenvalue weighted by Crippen LogP contribution is -2.04. The largest absolute Gasteiger partial charge is 0.496 e. The Morgan fingerprint density at radius 1 is 1.21 bits per heavy atom. The third kappa shape index (κ3) is 3.08. The fraction of sp³-hybridized carbons (Fsp3) is 0.267. The first-order chi connectivity index (χ1) is 9.15. The van der Waals surface area contributed by atoms with Gasteiger partial charge in [-0.15, -0.1) is 0 Å². The third-order valence-electron chi connectivity index (χ3n) is 2.91. The zero-order chi connectivity index (χ0) is 13.8. The van der Waals surface area contributed by atoms with Crippen LogP contribution in [-0.2, 0) is 6.54 Å². The Labute approximate surface area is 118 Å². The number of rotatable bonds is 4. The molecule has 1 heterocycles. The Balaban J connectivity index is 2.43. The zero-order valence-electron chi connectivity index (χ0n) is 11.4. The molecule has 2 rings (SSSR count). The molecule has 0 spiro atoms. The Morgan fingerprint density at radius 2 is 1.95 bits per heavy atom. The van der Waals surface area contributed by atoms with Crippen molar-refractivity contribution in [3.63, 3.8) is 0 Å². The molecule has 0 fully saturated rings. The summed E-state index contributed by atoms with van der Waals surface area (Å²) in [5.41, 5.74) is 8.95. The van der Waals surface area contributed by atoms with Crippen molar-refractivity contribution in [2.75, 3.05) is 7.11 Å². The topological polar surface area (TPSA) is 48.1 Å². The van der Waals surface area contributed by atoms with Crippen molar-refractivity contribution in [3.05, 3.63) is 47.3 Å². The maximum atomic E-state index is 5.84. The van der Waals surface area contributed by atoms with Gasteiger partial charge in [0.25, 0.3) is 0 Å². The summed E-state index contributed by atoms with van der Waals surface area (Å²) in [6.07, 6.45) is 0. The molecule has 0 bridgehead atoms. The van der Waals surface area contributed by atoms with E-state index in [9.17, 15) is 0 Å². The highest BCUT2D eigenvalue weighted by atomic mass is 32.2. The zero-order valence-corrected chi connectivity index (χ0v) is 12.3. The van der Waals surface area contributed by atoms with Gasteiger partial charge in [0.05, 0.1) is 12.0 Å². The van der Waals surface area contributed by atoms with Crippen molar-refractivity contribution in [3.8, 4) is 5.75 Å². The van der Waals surface area contributed by atoms with E-state index < -0.39 is 0 Å². The summed E-state index contributed by atoms with van der Waals surface area (Å²) in [6.45, 7) is 4.50. The predicted octanol–water partition coefficient (Wildman–Crippen LogP) is 3.32. The predicted molar refractivity (Wildman–Crippen MR) is 78.7 cm³/mol. The molecule has 2 N–H and O–H groups in total. The highest BCUT2D eigenvalue weighted by Crippen LogP contribution is 2.37. The number of aromatic nitrogens is 1. The first-order valence-electron chi connectivity index (χ1n) is 6.13. The van der Waals surface area contributed by atoms with Gasteiger partial charge in [0.15, 0.2) is 0 Å². The summed E-state index contributed by atoms with van der Waals surface area (Å²) in [5, 5.41) is 0. The number of pyridine rings is 1. The second-order valence-electron chi connectivity index (χ2n) is 4.28. The van der Waals surface area contributed by atoms with Crippen molar-refractivity contribution in [2.45, 2.75) is 30.2 Å². The van der Waals surface area contributed by atoms with Crippen LogP contribution < -0.4 is 10.5 Å². The van der Waals surface area contributed by atoms with E-state index >= 15 is 0 Å². The molecule has 0 saturated carbocycles. The molecule has 100 valence electrons. The van der Waals surface area contributed by atoms with E-state index in [1.165, 1.54) is 0 Å². The van der Waals surface area contributed by atoms with Crippen LogP contribution in [0.25, 0.3) is 0 Å². The number of hydrogen-bond acceptors (Lipinski definition) is 4. The van der Waals surface area contributed by atoms with E-state index in [4.69, 9.17) is 10.5 Å². The van der Waals surface area contributed by atoms with Crippen LogP contribution in [0.5, 0.6) is 5.75 Å². The number of benzene rings is 1. The average molecular weight is 274 g/mol. The van der Waals surface area contributed by atoms with Crippen molar-refractivity contribution in [1.29, 1.82) is 0 Å². The van der Waals surface area contributed by atoms with Crippen LogP contribution in [0.15, 0.2) is 40.1 Å². The molecule has 0 aliphatic heterocycles. The van der Waals surface area contributed by atoms with E-state index in [0.717, 1.165) is 32.5 Å². The molecule has 19 heavy (non-hydrogen) atoms. The SMILES string of the molecule is COc1ccccc1Sc1cc(C)nc(C)c1CN. The van der Waals surface area contributed by atoms with Crippen molar-refractivity contribution < 1.29 is 4.74 Å². The van der Waals surface area contributed by atoms with Crippen LogP contribution in [0.2, 0.25) is 0 Å².